The van der Waals surface area contributed by atoms with Crippen molar-refractivity contribution in [3.05, 3.63) is 35.9 Å². The Morgan fingerprint density at radius 3 is 3.00 bits per heavy atom. The summed E-state index contributed by atoms with van der Waals surface area (Å²) in [7, 11) is 0. The molecule has 2 heterocycles. The number of rotatable bonds is 10. The molecule has 10 heteroatoms. The molecule has 1 unspecified atom stereocenters. The summed E-state index contributed by atoms with van der Waals surface area (Å²) >= 11 is 6.24. The topological polar surface area (TPSA) is 72.6 Å². The second-order valence-electron chi connectivity index (χ2n) is 6.71. The monoisotopic (exact) mass is 425 g/mol. The Balaban J connectivity index is 1.48. The zero-order valence-electron chi connectivity index (χ0n) is 16.0. The van der Waals surface area contributed by atoms with Gasteiger partial charge in [0, 0.05) is 37.7 Å². The first-order chi connectivity index (χ1) is 13.9. The van der Waals surface area contributed by atoms with Crippen LogP contribution in [0.4, 0.5) is 14.5 Å². The standard InChI is InChI=1S/C19H22ClF2N5O2/c1-2-26(16-13-27(25-18(16)20)15-5-3-8-23-12-15)17(28)6-4-9-24-29-10-7-14-11-19(14,21)22/h3,5,8-9,12-14H,2,4,6-7,10-11H2,1H3/b24-9-. The van der Waals surface area contributed by atoms with Crippen molar-refractivity contribution < 1.29 is 18.4 Å². The molecule has 0 aromatic carbocycles. The largest absolute Gasteiger partial charge is 0.396 e. The van der Waals surface area contributed by atoms with Crippen molar-refractivity contribution in [3.63, 3.8) is 0 Å². The molecule has 0 radical (unpaired) electrons. The lowest BCUT2D eigenvalue weighted by molar-refractivity contribution is -0.118. The molecule has 1 atom stereocenters. The van der Waals surface area contributed by atoms with Gasteiger partial charge in [-0.3, -0.25) is 9.78 Å². The van der Waals surface area contributed by atoms with Crippen molar-refractivity contribution in [3.8, 4) is 5.69 Å². The Kier molecular flexibility index (Phi) is 6.79. The van der Waals surface area contributed by atoms with Crippen LogP contribution in [0, 0.1) is 5.92 Å². The molecule has 1 aliphatic rings. The highest BCUT2D eigenvalue weighted by Crippen LogP contribution is 2.50. The van der Waals surface area contributed by atoms with Crippen LogP contribution in [-0.4, -0.2) is 46.0 Å². The SMILES string of the molecule is CCN(C(=O)CC/C=N\OCCC1CC1(F)F)c1cn(-c2cccnc2)nc1Cl. The molecule has 0 aliphatic heterocycles. The summed E-state index contributed by atoms with van der Waals surface area (Å²) in [5.41, 5.74) is 1.25. The first-order valence-corrected chi connectivity index (χ1v) is 9.77. The summed E-state index contributed by atoms with van der Waals surface area (Å²) in [5.74, 6) is -3.26. The number of amides is 1. The number of aromatic nitrogens is 3. The number of oxime groups is 1. The third kappa shape index (κ3) is 5.50. The summed E-state index contributed by atoms with van der Waals surface area (Å²) in [4.78, 5) is 23.1. The van der Waals surface area contributed by atoms with E-state index in [4.69, 9.17) is 16.4 Å². The minimum atomic E-state index is -2.53. The van der Waals surface area contributed by atoms with E-state index in [1.807, 2.05) is 13.0 Å². The van der Waals surface area contributed by atoms with E-state index in [1.165, 1.54) is 6.21 Å². The number of pyridine rings is 1. The molecule has 0 bridgehead atoms. The van der Waals surface area contributed by atoms with Gasteiger partial charge in [0.1, 0.15) is 12.3 Å². The third-order valence-corrected chi connectivity index (χ3v) is 4.89. The average molecular weight is 426 g/mol. The summed E-state index contributed by atoms with van der Waals surface area (Å²) < 4.78 is 27.0. The van der Waals surface area contributed by atoms with Crippen LogP contribution in [0.5, 0.6) is 0 Å². The fourth-order valence-electron chi connectivity index (χ4n) is 2.89. The molecule has 1 aliphatic carbocycles. The van der Waals surface area contributed by atoms with E-state index in [0.717, 1.165) is 5.69 Å². The van der Waals surface area contributed by atoms with E-state index in [2.05, 4.69) is 15.2 Å². The number of alkyl halides is 2. The van der Waals surface area contributed by atoms with Crippen molar-refractivity contribution in [2.24, 2.45) is 11.1 Å². The molecule has 2 aromatic rings. The van der Waals surface area contributed by atoms with Crippen molar-refractivity contribution in [1.82, 2.24) is 14.8 Å². The second kappa shape index (κ2) is 9.30. The zero-order valence-corrected chi connectivity index (χ0v) is 16.7. The maximum Gasteiger partial charge on any atom is 0.251 e. The minimum Gasteiger partial charge on any atom is -0.396 e. The van der Waals surface area contributed by atoms with Gasteiger partial charge in [-0.15, -0.1) is 0 Å². The number of carbonyl (C=O) groups excluding carboxylic acids is 1. The van der Waals surface area contributed by atoms with Crippen LogP contribution in [0.3, 0.4) is 0 Å². The second-order valence-corrected chi connectivity index (χ2v) is 7.07. The minimum absolute atomic E-state index is 0.0681. The van der Waals surface area contributed by atoms with Crippen LogP contribution in [-0.2, 0) is 9.63 Å². The first-order valence-electron chi connectivity index (χ1n) is 9.40. The Morgan fingerprint density at radius 2 is 2.34 bits per heavy atom. The van der Waals surface area contributed by atoms with Gasteiger partial charge in [0.15, 0.2) is 5.15 Å². The number of carbonyl (C=O) groups is 1. The predicted octanol–water partition coefficient (Wildman–Crippen LogP) is 4.10. The Morgan fingerprint density at radius 1 is 1.55 bits per heavy atom. The van der Waals surface area contributed by atoms with Crippen LogP contribution in [0.2, 0.25) is 5.15 Å². The maximum atomic E-state index is 12.7. The van der Waals surface area contributed by atoms with Gasteiger partial charge >= 0.3 is 0 Å². The van der Waals surface area contributed by atoms with Gasteiger partial charge in [0.25, 0.3) is 5.92 Å². The molecule has 0 N–H and O–H groups in total. The van der Waals surface area contributed by atoms with Gasteiger partial charge < -0.3 is 9.74 Å². The van der Waals surface area contributed by atoms with Crippen molar-refractivity contribution in [2.75, 3.05) is 18.1 Å². The van der Waals surface area contributed by atoms with Gasteiger partial charge in [-0.25, -0.2) is 13.5 Å². The third-order valence-electron chi connectivity index (χ3n) is 4.62. The highest BCUT2D eigenvalue weighted by molar-refractivity contribution is 6.32. The summed E-state index contributed by atoms with van der Waals surface area (Å²) in [6.07, 6.45) is 7.24. The fraction of sp³-hybridized carbons (Fsp3) is 0.474. The molecule has 1 saturated carbocycles. The van der Waals surface area contributed by atoms with E-state index in [0.29, 0.717) is 18.7 Å². The molecule has 1 amide bonds. The molecule has 7 nitrogen and oxygen atoms in total. The molecule has 1 fully saturated rings. The summed E-state index contributed by atoms with van der Waals surface area (Å²) in [6, 6.07) is 3.62. The summed E-state index contributed by atoms with van der Waals surface area (Å²) in [6.45, 7) is 2.43. The normalized spacial score (nSPS) is 17.4. The van der Waals surface area contributed by atoms with E-state index in [1.54, 1.807) is 34.2 Å². The number of halogens is 3. The van der Waals surface area contributed by atoms with E-state index >= 15 is 0 Å². The van der Waals surface area contributed by atoms with Gasteiger partial charge in [-0.05, 0) is 31.9 Å². The van der Waals surface area contributed by atoms with E-state index in [-0.39, 0.29) is 36.9 Å². The van der Waals surface area contributed by atoms with Crippen LogP contribution in [0.25, 0.3) is 5.69 Å². The van der Waals surface area contributed by atoms with Crippen LogP contribution in [0.1, 0.15) is 32.6 Å². The van der Waals surface area contributed by atoms with Crippen molar-refractivity contribution >= 4 is 29.4 Å². The Hall–Kier alpha value is -2.55. The van der Waals surface area contributed by atoms with E-state index in [9.17, 15) is 13.6 Å². The smallest absolute Gasteiger partial charge is 0.251 e. The van der Waals surface area contributed by atoms with Crippen LogP contribution < -0.4 is 4.90 Å². The highest BCUT2D eigenvalue weighted by Gasteiger charge is 2.56. The first kappa shape index (κ1) is 21.2. The molecular formula is C19H22ClF2N5O2. The molecule has 0 saturated heterocycles. The Bertz CT molecular complexity index is 860. The fourth-order valence-corrected chi connectivity index (χ4v) is 3.12. The average Bonchev–Trinajstić information content (AvgIpc) is 3.13. The quantitative estimate of drug-likeness (QED) is 0.326. The maximum absolute atomic E-state index is 12.7. The predicted molar refractivity (Wildman–Crippen MR) is 106 cm³/mol. The molecule has 156 valence electrons. The lowest BCUT2D eigenvalue weighted by Gasteiger charge is -2.19. The molecule has 29 heavy (non-hydrogen) atoms. The lowest BCUT2D eigenvalue weighted by atomic mass is 10.2. The molecule has 0 spiro atoms. The zero-order chi connectivity index (χ0) is 20.9. The lowest BCUT2D eigenvalue weighted by Crippen LogP contribution is -2.30. The van der Waals surface area contributed by atoms with Crippen molar-refractivity contribution in [1.29, 1.82) is 0 Å². The van der Waals surface area contributed by atoms with Crippen molar-refractivity contribution in [2.45, 2.75) is 38.5 Å². The van der Waals surface area contributed by atoms with Gasteiger partial charge in [-0.1, -0.05) is 16.8 Å². The Labute approximate surface area is 172 Å². The van der Waals surface area contributed by atoms with E-state index < -0.39 is 11.8 Å². The van der Waals surface area contributed by atoms with Gasteiger partial charge in [-0.2, -0.15) is 5.10 Å². The number of anilines is 1. The number of hydrogen-bond acceptors (Lipinski definition) is 5. The number of nitrogens with zero attached hydrogens (tertiary/aromatic N) is 5. The van der Waals surface area contributed by atoms with Crippen LogP contribution >= 0.6 is 11.6 Å². The molecular weight excluding hydrogens is 404 g/mol. The summed E-state index contributed by atoms with van der Waals surface area (Å²) in [5, 5.41) is 8.18. The highest BCUT2D eigenvalue weighted by atomic mass is 35.5. The molecule has 2 aromatic heterocycles. The molecule has 3 rings (SSSR count). The van der Waals surface area contributed by atoms with Gasteiger partial charge in [0.05, 0.1) is 18.1 Å². The number of hydrogen-bond donors (Lipinski definition) is 0. The van der Waals surface area contributed by atoms with Gasteiger partial charge in [0.2, 0.25) is 5.91 Å². The van der Waals surface area contributed by atoms with Crippen LogP contribution in [0.15, 0.2) is 35.9 Å².